The van der Waals surface area contributed by atoms with Crippen LogP contribution in [0, 0.1) is 5.41 Å². The maximum absolute atomic E-state index is 11.7. The molecule has 0 atom stereocenters. The Balaban J connectivity index is 1.83. The van der Waals surface area contributed by atoms with Crippen LogP contribution >= 0.6 is 0 Å². The molecule has 1 amide bonds. The van der Waals surface area contributed by atoms with Crippen molar-refractivity contribution in [3.63, 3.8) is 0 Å². The van der Waals surface area contributed by atoms with Gasteiger partial charge < -0.3 is 5.32 Å². The van der Waals surface area contributed by atoms with Gasteiger partial charge in [-0.05, 0) is 38.5 Å². The predicted molar refractivity (Wildman–Crippen MR) is 47.7 cm³/mol. The zero-order chi connectivity index (χ0) is 8.60. The van der Waals surface area contributed by atoms with Crippen LogP contribution < -0.4 is 5.32 Å². The molecule has 0 aromatic rings. The third-order valence-corrected chi connectivity index (χ3v) is 3.45. The van der Waals surface area contributed by atoms with Crippen LogP contribution in [0.15, 0.2) is 0 Å². The van der Waals surface area contributed by atoms with Gasteiger partial charge in [0.2, 0.25) is 5.91 Å². The quantitative estimate of drug-likeness (QED) is 0.682. The smallest absolute Gasteiger partial charge is 0.226 e. The first-order valence-corrected chi connectivity index (χ1v) is 5.08. The van der Waals surface area contributed by atoms with Crippen LogP contribution in [0.4, 0.5) is 0 Å². The fourth-order valence-corrected chi connectivity index (χ4v) is 1.78. The van der Waals surface area contributed by atoms with E-state index in [0.717, 1.165) is 19.3 Å². The predicted octanol–water partition coefficient (Wildman–Crippen LogP) is 1.85. The molecule has 0 heterocycles. The van der Waals surface area contributed by atoms with Crippen LogP contribution in [0.1, 0.15) is 45.4 Å². The summed E-state index contributed by atoms with van der Waals surface area (Å²) in [6, 6.07) is 0.515. The Hall–Kier alpha value is -0.530. The van der Waals surface area contributed by atoms with Gasteiger partial charge >= 0.3 is 0 Å². The first-order valence-electron chi connectivity index (χ1n) is 5.08. The van der Waals surface area contributed by atoms with Crippen molar-refractivity contribution >= 4 is 5.91 Å². The third kappa shape index (κ3) is 1.23. The summed E-state index contributed by atoms with van der Waals surface area (Å²) in [4.78, 5) is 11.7. The molecule has 0 aliphatic heterocycles. The van der Waals surface area contributed by atoms with Gasteiger partial charge in [-0.2, -0.15) is 0 Å². The van der Waals surface area contributed by atoms with Gasteiger partial charge in [0.25, 0.3) is 0 Å². The van der Waals surface area contributed by atoms with Gasteiger partial charge in [0.05, 0.1) is 0 Å². The standard InChI is InChI=1S/C10H17NO/c1-2-10(6-7-10)9(12)11-8-4-3-5-8/h8H,2-7H2,1H3,(H,11,12). The van der Waals surface area contributed by atoms with Gasteiger partial charge in [-0.3, -0.25) is 4.79 Å². The highest BCUT2D eigenvalue weighted by atomic mass is 16.2. The van der Waals surface area contributed by atoms with Gasteiger partial charge in [-0.25, -0.2) is 0 Å². The highest BCUT2D eigenvalue weighted by Gasteiger charge is 2.48. The zero-order valence-electron chi connectivity index (χ0n) is 7.73. The van der Waals surface area contributed by atoms with Crippen LogP contribution in [0.25, 0.3) is 0 Å². The van der Waals surface area contributed by atoms with Gasteiger partial charge in [0, 0.05) is 11.5 Å². The van der Waals surface area contributed by atoms with E-state index in [2.05, 4.69) is 12.2 Å². The number of rotatable bonds is 3. The number of carbonyl (C=O) groups excluding carboxylic acids is 1. The van der Waals surface area contributed by atoms with Crippen molar-refractivity contribution in [2.45, 2.75) is 51.5 Å². The van der Waals surface area contributed by atoms with Crippen LogP contribution in [0.3, 0.4) is 0 Å². The summed E-state index contributed by atoms with van der Waals surface area (Å²) in [6.07, 6.45) is 6.94. The number of amides is 1. The Morgan fingerprint density at radius 3 is 2.50 bits per heavy atom. The van der Waals surface area contributed by atoms with E-state index < -0.39 is 0 Å². The summed E-state index contributed by atoms with van der Waals surface area (Å²) < 4.78 is 0. The lowest BCUT2D eigenvalue weighted by Gasteiger charge is -2.28. The number of hydrogen-bond acceptors (Lipinski definition) is 1. The lowest BCUT2D eigenvalue weighted by molar-refractivity contribution is -0.127. The molecule has 0 saturated heterocycles. The van der Waals surface area contributed by atoms with Crippen molar-refractivity contribution in [3.8, 4) is 0 Å². The second-order valence-corrected chi connectivity index (χ2v) is 4.24. The molecule has 1 N–H and O–H groups in total. The van der Waals surface area contributed by atoms with E-state index in [9.17, 15) is 4.79 Å². The summed E-state index contributed by atoms with van der Waals surface area (Å²) in [6.45, 7) is 2.12. The molecule has 0 aromatic heterocycles. The van der Waals surface area contributed by atoms with E-state index in [0.29, 0.717) is 11.9 Å². The minimum absolute atomic E-state index is 0.0651. The highest BCUT2D eigenvalue weighted by Crippen LogP contribution is 2.49. The maximum Gasteiger partial charge on any atom is 0.226 e. The zero-order valence-corrected chi connectivity index (χ0v) is 7.73. The van der Waals surface area contributed by atoms with E-state index in [-0.39, 0.29) is 5.41 Å². The summed E-state index contributed by atoms with van der Waals surface area (Å²) in [7, 11) is 0. The largest absolute Gasteiger partial charge is 0.353 e. The summed E-state index contributed by atoms with van der Waals surface area (Å²) in [5.74, 6) is 0.328. The van der Waals surface area contributed by atoms with E-state index in [1.807, 2.05) is 0 Å². The van der Waals surface area contributed by atoms with E-state index in [1.165, 1.54) is 19.3 Å². The third-order valence-electron chi connectivity index (χ3n) is 3.45. The number of hydrogen-bond donors (Lipinski definition) is 1. The molecule has 12 heavy (non-hydrogen) atoms. The molecule has 2 rings (SSSR count). The second-order valence-electron chi connectivity index (χ2n) is 4.24. The fraction of sp³-hybridized carbons (Fsp3) is 0.900. The number of nitrogens with one attached hydrogen (secondary N) is 1. The summed E-state index contributed by atoms with van der Waals surface area (Å²) in [5.41, 5.74) is 0.0651. The fourth-order valence-electron chi connectivity index (χ4n) is 1.78. The first-order chi connectivity index (χ1) is 5.77. The minimum atomic E-state index is 0.0651. The molecule has 2 aliphatic rings. The molecule has 2 fully saturated rings. The Labute approximate surface area is 73.7 Å². The second kappa shape index (κ2) is 2.75. The molecule has 2 aliphatic carbocycles. The first kappa shape index (κ1) is 8.09. The minimum Gasteiger partial charge on any atom is -0.353 e. The SMILES string of the molecule is CCC1(C(=O)NC2CCC2)CC1. The molecular formula is C10H17NO. The molecule has 0 radical (unpaired) electrons. The van der Waals surface area contributed by atoms with Gasteiger partial charge in [0.1, 0.15) is 0 Å². The van der Waals surface area contributed by atoms with Crippen molar-refractivity contribution in [2.24, 2.45) is 5.41 Å². The molecule has 0 bridgehead atoms. The van der Waals surface area contributed by atoms with E-state index in [1.54, 1.807) is 0 Å². The van der Waals surface area contributed by atoms with Crippen LogP contribution in [-0.2, 0) is 4.79 Å². The van der Waals surface area contributed by atoms with Crippen LogP contribution in [-0.4, -0.2) is 11.9 Å². The molecule has 2 saturated carbocycles. The van der Waals surface area contributed by atoms with Crippen molar-refractivity contribution in [1.29, 1.82) is 0 Å². The molecule has 0 unspecified atom stereocenters. The average Bonchev–Trinajstić information content (AvgIpc) is 2.76. The van der Waals surface area contributed by atoms with Crippen LogP contribution in [0.2, 0.25) is 0 Å². The molecule has 2 nitrogen and oxygen atoms in total. The summed E-state index contributed by atoms with van der Waals surface area (Å²) >= 11 is 0. The lowest BCUT2D eigenvalue weighted by Crippen LogP contribution is -2.43. The van der Waals surface area contributed by atoms with Gasteiger partial charge in [-0.15, -0.1) is 0 Å². The topological polar surface area (TPSA) is 29.1 Å². The normalized spacial score (nSPS) is 26.1. The van der Waals surface area contributed by atoms with Gasteiger partial charge in [0.15, 0.2) is 0 Å². The molecular weight excluding hydrogens is 150 g/mol. The highest BCUT2D eigenvalue weighted by molar-refractivity contribution is 5.85. The van der Waals surface area contributed by atoms with E-state index in [4.69, 9.17) is 0 Å². The van der Waals surface area contributed by atoms with Crippen molar-refractivity contribution in [3.05, 3.63) is 0 Å². The maximum atomic E-state index is 11.7. The molecule has 68 valence electrons. The lowest BCUT2D eigenvalue weighted by atomic mass is 9.91. The van der Waals surface area contributed by atoms with Crippen molar-refractivity contribution in [1.82, 2.24) is 5.32 Å². The Morgan fingerprint density at radius 2 is 2.17 bits per heavy atom. The molecule has 0 aromatic carbocycles. The van der Waals surface area contributed by atoms with Gasteiger partial charge in [-0.1, -0.05) is 6.92 Å². The van der Waals surface area contributed by atoms with E-state index >= 15 is 0 Å². The Bertz CT molecular complexity index is 192. The monoisotopic (exact) mass is 167 g/mol. The van der Waals surface area contributed by atoms with Crippen LogP contribution in [0.5, 0.6) is 0 Å². The van der Waals surface area contributed by atoms with Crippen molar-refractivity contribution in [2.75, 3.05) is 0 Å². The molecule has 2 heteroatoms. The van der Waals surface area contributed by atoms with Crippen molar-refractivity contribution < 1.29 is 4.79 Å². The Kier molecular flexibility index (Phi) is 1.85. The summed E-state index contributed by atoms with van der Waals surface area (Å²) in [5, 5.41) is 3.13. The Morgan fingerprint density at radius 1 is 1.50 bits per heavy atom. The molecule has 0 spiro atoms. The number of carbonyl (C=O) groups is 1. The average molecular weight is 167 g/mol.